The summed E-state index contributed by atoms with van der Waals surface area (Å²) in [5, 5.41) is 9.03. The number of anilines is 1. The maximum Gasteiger partial charge on any atom is 0.258 e. The lowest BCUT2D eigenvalue weighted by molar-refractivity contribution is 0.102. The number of halogens is 2. The van der Waals surface area contributed by atoms with E-state index < -0.39 is 23.2 Å². The predicted molar refractivity (Wildman–Crippen MR) is 60.2 cm³/mol. The molecule has 1 amide bonds. The van der Waals surface area contributed by atoms with Crippen LogP contribution in [-0.4, -0.2) is 21.1 Å². The molecule has 0 saturated carbocycles. The fraction of sp³-hybridized carbons (Fsp3) is 0.182. The molecule has 0 aliphatic carbocycles. The molecule has 0 fully saturated rings. The third-order valence-corrected chi connectivity index (χ3v) is 2.46. The van der Waals surface area contributed by atoms with Gasteiger partial charge in [-0.3, -0.25) is 9.89 Å². The van der Waals surface area contributed by atoms with Gasteiger partial charge in [-0.2, -0.15) is 9.49 Å². The van der Waals surface area contributed by atoms with Crippen molar-refractivity contribution in [2.24, 2.45) is 0 Å². The average Bonchev–Trinajstić information content (AvgIpc) is 2.64. The SMILES string of the molecule is Cc1n[nH]c(C)c1NC(=O)c1ccnc(F)c1F. The first-order valence-corrected chi connectivity index (χ1v) is 5.13. The van der Waals surface area contributed by atoms with Crippen LogP contribution < -0.4 is 5.32 Å². The number of hydrogen-bond acceptors (Lipinski definition) is 3. The summed E-state index contributed by atoms with van der Waals surface area (Å²) in [6.07, 6.45) is 1.03. The first-order valence-electron chi connectivity index (χ1n) is 5.13. The third-order valence-electron chi connectivity index (χ3n) is 2.46. The molecular formula is C11H10F2N4O. The summed E-state index contributed by atoms with van der Waals surface area (Å²) in [5.41, 5.74) is 1.26. The third kappa shape index (κ3) is 2.06. The van der Waals surface area contributed by atoms with Crippen molar-refractivity contribution in [1.82, 2.24) is 15.2 Å². The van der Waals surface area contributed by atoms with Gasteiger partial charge in [0.1, 0.15) is 0 Å². The van der Waals surface area contributed by atoms with Crippen LogP contribution in [-0.2, 0) is 0 Å². The van der Waals surface area contributed by atoms with E-state index in [-0.39, 0.29) is 0 Å². The zero-order chi connectivity index (χ0) is 13.3. The maximum atomic E-state index is 13.4. The number of nitrogens with one attached hydrogen (secondary N) is 2. The molecule has 5 nitrogen and oxygen atoms in total. The van der Waals surface area contributed by atoms with Gasteiger partial charge in [-0.25, -0.2) is 9.37 Å². The molecule has 2 rings (SSSR count). The van der Waals surface area contributed by atoms with Gasteiger partial charge in [0.15, 0.2) is 5.82 Å². The van der Waals surface area contributed by atoms with Gasteiger partial charge < -0.3 is 5.32 Å². The first-order chi connectivity index (χ1) is 8.50. The molecule has 2 heterocycles. The highest BCUT2D eigenvalue weighted by Gasteiger charge is 2.18. The van der Waals surface area contributed by atoms with Crippen LogP contribution in [0.4, 0.5) is 14.5 Å². The molecule has 0 aromatic carbocycles. The Hall–Kier alpha value is -2.31. The van der Waals surface area contributed by atoms with Crippen molar-refractivity contribution >= 4 is 11.6 Å². The monoisotopic (exact) mass is 252 g/mol. The summed E-state index contributed by atoms with van der Waals surface area (Å²) in [7, 11) is 0. The average molecular weight is 252 g/mol. The van der Waals surface area contributed by atoms with E-state index in [2.05, 4.69) is 20.5 Å². The number of aryl methyl sites for hydroxylation is 2. The van der Waals surface area contributed by atoms with Crippen LogP contribution in [0.5, 0.6) is 0 Å². The van der Waals surface area contributed by atoms with Gasteiger partial charge in [0, 0.05) is 6.20 Å². The van der Waals surface area contributed by atoms with Gasteiger partial charge in [0.2, 0.25) is 5.95 Å². The van der Waals surface area contributed by atoms with Crippen molar-refractivity contribution in [2.75, 3.05) is 5.32 Å². The van der Waals surface area contributed by atoms with E-state index in [0.29, 0.717) is 17.1 Å². The topological polar surface area (TPSA) is 70.7 Å². The second-order valence-electron chi connectivity index (χ2n) is 3.73. The zero-order valence-corrected chi connectivity index (χ0v) is 9.71. The molecule has 0 saturated heterocycles. The Bertz CT molecular complexity index is 590. The van der Waals surface area contributed by atoms with Crippen molar-refractivity contribution in [2.45, 2.75) is 13.8 Å². The van der Waals surface area contributed by atoms with E-state index in [1.165, 1.54) is 0 Å². The molecule has 2 aromatic heterocycles. The Morgan fingerprint density at radius 2 is 2.11 bits per heavy atom. The van der Waals surface area contributed by atoms with E-state index in [0.717, 1.165) is 12.3 Å². The first kappa shape index (κ1) is 12.2. The summed E-state index contributed by atoms with van der Waals surface area (Å²) in [6.45, 7) is 3.39. The van der Waals surface area contributed by atoms with Gasteiger partial charge in [0.05, 0.1) is 22.6 Å². The van der Waals surface area contributed by atoms with Gasteiger partial charge in [0.25, 0.3) is 5.91 Å². The van der Waals surface area contributed by atoms with Gasteiger partial charge in [-0.05, 0) is 19.9 Å². The summed E-state index contributed by atoms with van der Waals surface area (Å²) < 4.78 is 26.3. The number of H-pyrrole nitrogens is 1. The lowest BCUT2D eigenvalue weighted by Gasteiger charge is -2.06. The molecule has 0 unspecified atom stereocenters. The standard InChI is InChI=1S/C11H10F2N4O/c1-5-9(6(2)17-16-5)15-11(18)7-3-4-14-10(13)8(7)12/h3-4H,1-2H3,(H,15,18)(H,16,17). The van der Waals surface area contributed by atoms with Crippen molar-refractivity contribution in [3.8, 4) is 0 Å². The van der Waals surface area contributed by atoms with Crippen molar-refractivity contribution < 1.29 is 13.6 Å². The number of carbonyl (C=O) groups excluding carboxylic acids is 1. The van der Waals surface area contributed by atoms with Crippen molar-refractivity contribution in [1.29, 1.82) is 0 Å². The number of hydrogen-bond donors (Lipinski definition) is 2. The minimum absolute atomic E-state index is 0.400. The molecule has 94 valence electrons. The minimum atomic E-state index is -1.30. The summed E-state index contributed by atoms with van der Waals surface area (Å²) in [5.74, 6) is -3.32. The largest absolute Gasteiger partial charge is 0.319 e. The van der Waals surface area contributed by atoms with E-state index in [9.17, 15) is 13.6 Å². The number of aromatic amines is 1. The molecular weight excluding hydrogens is 242 g/mol. The molecule has 2 N–H and O–H groups in total. The number of carbonyl (C=O) groups is 1. The Balaban J connectivity index is 2.31. The number of nitrogens with zero attached hydrogens (tertiary/aromatic N) is 2. The van der Waals surface area contributed by atoms with Crippen molar-refractivity contribution in [3.05, 3.63) is 41.0 Å². The molecule has 18 heavy (non-hydrogen) atoms. The summed E-state index contributed by atoms with van der Waals surface area (Å²) >= 11 is 0. The summed E-state index contributed by atoms with van der Waals surface area (Å²) in [4.78, 5) is 14.9. The Morgan fingerprint density at radius 1 is 1.39 bits per heavy atom. The fourth-order valence-electron chi connectivity index (χ4n) is 1.51. The van der Waals surface area contributed by atoms with E-state index in [1.54, 1.807) is 13.8 Å². The Labute approximate surface area is 101 Å². The molecule has 2 aromatic rings. The molecule has 0 radical (unpaired) electrons. The molecule has 7 heteroatoms. The van der Waals surface area contributed by atoms with Gasteiger partial charge in [-0.1, -0.05) is 0 Å². The number of amides is 1. The second kappa shape index (κ2) is 4.52. The van der Waals surface area contributed by atoms with Crippen LogP contribution in [0.25, 0.3) is 0 Å². The number of aromatic nitrogens is 3. The smallest absolute Gasteiger partial charge is 0.258 e. The Kier molecular flexibility index (Phi) is 3.05. The quantitative estimate of drug-likeness (QED) is 0.802. The van der Waals surface area contributed by atoms with Crippen LogP contribution in [0, 0.1) is 25.6 Å². The maximum absolute atomic E-state index is 13.4. The normalized spacial score (nSPS) is 10.4. The highest BCUT2D eigenvalue weighted by Crippen LogP contribution is 2.18. The molecule has 0 aliphatic heterocycles. The highest BCUT2D eigenvalue weighted by atomic mass is 19.2. The zero-order valence-electron chi connectivity index (χ0n) is 9.71. The van der Waals surface area contributed by atoms with Crippen LogP contribution in [0.1, 0.15) is 21.7 Å². The number of pyridine rings is 1. The van der Waals surface area contributed by atoms with Gasteiger partial charge >= 0.3 is 0 Å². The predicted octanol–water partition coefficient (Wildman–Crippen LogP) is 1.95. The van der Waals surface area contributed by atoms with E-state index in [4.69, 9.17) is 0 Å². The van der Waals surface area contributed by atoms with Gasteiger partial charge in [-0.15, -0.1) is 0 Å². The van der Waals surface area contributed by atoms with Crippen LogP contribution in [0.2, 0.25) is 0 Å². The molecule has 0 aliphatic rings. The van der Waals surface area contributed by atoms with Crippen LogP contribution >= 0.6 is 0 Å². The van der Waals surface area contributed by atoms with Crippen LogP contribution in [0.3, 0.4) is 0 Å². The second-order valence-corrected chi connectivity index (χ2v) is 3.73. The summed E-state index contributed by atoms with van der Waals surface area (Å²) in [6, 6.07) is 1.11. The lowest BCUT2D eigenvalue weighted by Crippen LogP contribution is -2.16. The molecule has 0 atom stereocenters. The van der Waals surface area contributed by atoms with Crippen molar-refractivity contribution in [3.63, 3.8) is 0 Å². The van der Waals surface area contributed by atoms with E-state index in [1.807, 2.05) is 0 Å². The Morgan fingerprint density at radius 3 is 2.72 bits per heavy atom. The van der Waals surface area contributed by atoms with E-state index >= 15 is 0 Å². The fourth-order valence-corrected chi connectivity index (χ4v) is 1.51. The highest BCUT2D eigenvalue weighted by molar-refractivity contribution is 6.04. The number of rotatable bonds is 2. The molecule has 0 spiro atoms. The van der Waals surface area contributed by atoms with Crippen LogP contribution in [0.15, 0.2) is 12.3 Å². The molecule has 0 bridgehead atoms. The lowest BCUT2D eigenvalue weighted by atomic mass is 10.2. The minimum Gasteiger partial charge on any atom is -0.319 e.